The molecule has 3 heterocycles. The first-order chi connectivity index (χ1) is 15.6. The molecule has 3 aromatic rings. The van der Waals surface area contributed by atoms with E-state index in [-0.39, 0.29) is 11.2 Å². The Hall–Kier alpha value is -2.41. The number of hydrogen-bond donors (Lipinski definition) is 0. The summed E-state index contributed by atoms with van der Waals surface area (Å²) in [6.07, 6.45) is 3.94. The Morgan fingerprint density at radius 2 is 1.62 bits per heavy atom. The lowest BCUT2D eigenvalue weighted by Crippen LogP contribution is -2.45. The molecule has 32 heavy (non-hydrogen) atoms. The van der Waals surface area contributed by atoms with Gasteiger partial charge in [-0.15, -0.1) is 10.2 Å². The highest BCUT2D eigenvalue weighted by atomic mass is 35.5. The van der Waals surface area contributed by atoms with Crippen LogP contribution in [0.15, 0.2) is 48.5 Å². The maximum absolute atomic E-state index is 6.77. The van der Waals surface area contributed by atoms with Gasteiger partial charge in [0, 0.05) is 44.2 Å². The second kappa shape index (κ2) is 7.58. The molecule has 2 saturated heterocycles. The predicted molar refractivity (Wildman–Crippen MR) is 124 cm³/mol. The molecule has 1 spiro atoms. The minimum absolute atomic E-state index is 0.0260. The molecule has 3 fully saturated rings. The van der Waals surface area contributed by atoms with Crippen LogP contribution in [0, 0.1) is 0 Å². The van der Waals surface area contributed by atoms with Crippen LogP contribution in [0.3, 0.4) is 0 Å². The number of anilines is 1. The fraction of sp³-hybridized carbons (Fsp3) is 0.440. The van der Waals surface area contributed by atoms with Gasteiger partial charge in [-0.3, -0.25) is 0 Å². The number of hydrogen-bond acceptors (Lipinski definition) is 5. The lowest BCUT2D eigenvalue weighted by Gasteiger charge is -2.38. The third kappa shape index (κ3) is 3.24. The fourth-order valence-corrected chi connectivity index (χ4v) is 5.54. The molecule has 6 rings (SSSR count). The normalized spacial score (nSPS) is 21.2. The zero-order valence-electron chi connectivity index (χ0n) is 18.3. The molecule has 0 atom stereocenters. The van der Waals surface area contributed by atoms with Crippen molar-refractivity contribution in [2.24, 2.45) is 7.05 Å². The predicted octanol–water partition coefficient (Wildman–Crippen LogP) is 4.56. The largest absolute Gasteiger partial charge is 0.371 e. The molecule has 0 amide bonds. The van der Waals surface area contributed by atoms with E-state index in [2.05, 4.69) is 62.1 Å². The molecule has 2 aromatic carbocycles. The van der Waals surface area contributed by atoms with Crippen molar-refractivity contribution in [2.45, 2.75) is 36.9 Å². The first kappa shape index (κ1) is 20.2. The molecule has 3 aliphatic rings. The van der Waals surface area contributed by atoms with Crippen molar-refractivity contribution < 1.29 is 9.47 Å². The molecule has 6 nitrogen and oxygen atoms in total. The van der Waals surface area contributed by atoms with Crippen LogP contribution in [0.1, 0.15) is 37.1 Å². The number of benzene rings is 2. The molecule has 1 saturated carbocycles. The van der Waals surface area contributed by atoms with Gasteiger partial charge in [0.25, 0.3) is 0 Å². The first-order valence-corrected chi connectivity index (χ1v) is 11.8. The zero-order chi connectivity index (χ0) is 21.8. The smallest absolute Gasteiger partial charge is 0.171 e. The summed E-state index contributed by atoms with van der Waals surface area (Å²) in [5.74, 6) is 1.45. The standard InChI is InChI=1S/C25H27ClN4O2/c1-29-22(27-28-23(29)24(9-10-24)18-5-3-2-4-6-18)20-8-7-19(17-21(20)26)30-13-11-25(12-14-30)31-15-16-32-25/h2-8,17H,9-16H2,1H3. The summed E-state index contributed by atoms with van der Waals surface area (Å²) in [6.45, 7) is 3.18. The third-order valence-electron chi connectivity index (χ3n) is 7.28. The number of rotatable bonds is 4. The number of piperidine rings is 1. The van der Waals surface area contributed by atoms with Crippen LogP contribution in [0.2, 0.25) is 5.02 Å². The quantitative estimate of drug-likeness (QED) is 0.583. The van der Waals surface area contributed by atoms with Gasteiger partial charge >= 0.3 is 0 Å². The van der Waals surface area contributed by atoms with Crippen LogP contribution in [0.25, 0.3) is 11.4 Å². The third-order valence-corrected chi connectivity index (χ3v) is 7.59. The van der Waals surface area contributed by atoms with Crippen molar-refractivity contribution in [3.63, 3.8) is 0 Å². The van der Waals surface area contributed by atoms with Crippen LogP contribution in [-0.2, 0) is 21.9 Å². The van der Waals surface area contributed by atoms with Crippen molar-refractivity contribution in [3.05, 3.63) is 64.9 Å². The fourth-order valence-electron chi connectivity index (χ4n) is 5.28. The Morgan fingerprint density at radius 1 is 0.906 bits per heavy atom. The zero-order valence-corrected chi connectivity index (χ0v) is 19.0. The maximum atomic E-state index is 6.77. The highest BCUT2D eigenvalue weighted by molar-refractivity contribution is 6.33. The minimum atomic E-state index is -0.368. The van der Waals surface area contributed by atoms with Crippen LogP contribution < -0.4 is 4.90 Å². The molecule has 166 valence electrons. The monoisotopic (exact) mass is 450 g/mol. The Morgan fingerprint density at radius 3 is 2.28 bits per heavy atom. The van der Waals surface area contributed by atoms with Crippen LogP contribution in [0.5, 0.6) is 0 Å². The molecule has 0 unspecified atom stereocenters. The van der Waals surface area contributed by atoms with Gasteiger partial charge in [0.15, 0.2) is 11.6 Å². The highest BCUT2D eigenvalue weighted by Gasteiger charge is 2.50. The van der Waals surface area contributed by atoms with E-state index in [0.29, 0.717) is 18.2 Å². The number of aromatic nitrogens is 3. The molecule has 1 aliphatic carbocycles. The maximum Gasteiger partial charge on any atom is 0.171 e. The SMILES string of the molecule is Cn1c(-c2ccc(N3CCC4(CC3)OCCO4)cc2Cl)nnc1C1(c2ccccc2)CC1. The van der Waals surface area contributed by atoms with E-state index in [1.807, 2.05) is 13.1 Å². The van der Waals surface area contributed by atoms with E-state index in [1.54, 1.807) is 0 Å². The first-order valence-electron chi connectivity index (χ1n) is 11.4. The van der Waals surface area contributed by atoms with E-state index < -0.39 is 0 Å². The van der Waals surface area contributed by atoms with Gasteiger partial charge in [0.05, 0.1) is 23.7 Å². The van der Waals surface area contributed by atoms with Gasteiger partial charge in [-0.2, -0.15) is 0 Å². The van der Waals surface area contributed by atoms with E-state index in [9.17, 15) is 0 Å². The molecule has 2 aliphatic heterocycles. The second-order valence-electron chi connectivity index (χ2n) is 9.11. The summed E-state index contributed by atoms with van der Waals surface area (Å²) >= 11 is 6.77. The van der Waals surface area contributed by atoms with Crippen LogP contribution >= 0.6 is 11.6 Å². The number of nitrogens with zero attached hydrogens (tertiary/aromatic N) is 4. The molecular weight excluding hydrogens is 424 g/mol. The molecule has 7 heteroatoms. The summed E-state index contributed by atoms with van der Waals surface area (Å²) < 4.78 is 13.8. The van der Waals surface area contributed by atoms with Crippen LogP contribution in [-0.4, -0.2) is 46.9 Å². The molecule has 0 N–H and O–H groups in total. The average Bonchev–Trinajstić information content (AvgIpc) is 3.36. The van der Waals surface area contributed by atoms with E-state index in [4.69, 9.17) is 21.1 Å². The molecule has 1 aromatic heterocycles. The summed E-state index contributed by atoms with van der Waals surface area (Å²) in [4.78, 5) is 2.35. The molecule has 0 bridgehead atoms. The Kier molecular flexibility index (Phi) is 4.79. The average molecular weight is 451 g/mol. The van der Waals surface area contributed by atoms with Crippen LogP contribution in [0.4, 0.5) is 5.69 Å². The second-order valence-corrected chi connectivity index (χ2v) is 9.52. The van der Waals surface area contributed by atoms with E-state index in [1.165, 1.54) is 5.56 Å². The van der Waals surface area contributed by atoms with Gasteiger partial charge in [0.2, 0.25) is 0 Å². The lowest BCUT2D eigenvalue weighted by molar-refractivity contribution is -0.169. The number of ether oxygens (including phenoxy) is 2. The Labute approximate surface area is 193 Å². The van der Waals surface area contributed by atoms with Crippen molar-refractivity contribution in [2.75, 3.05) is 31.2 Å². The number of halogens is 1. The minimum Gasteiger partial charge on any atom is -0.371 e. The van der Waals surface area contributed by atoms with Crippen molar-refractivity contribution in [3.8, 4) is 11.4 Å². The summed E-state index contributed by atoms with van der Waals surface area (Å²) in [5, 5.41) is 9.86. The lowest BCUT2D eigenvalue weighted by atomic mass is 9.95. The van der Waals surface area contributed by atoms with Gasteiger partial charge < -0.3 is 18.9 Å². The van der Waals surface area contributed by atoms with E-state index >= 15 is 0 Å². The highest BCUT2D eigenvalue weighted by Crippen LogP contribution is 2.53. The summed E-state index contributed by atoms with van der Waals surface area (Å²) in [7, 11) is 2.05. The summed E-state index contributed by atoms with van der Waals surface area (Å²) in [6, 6.07) is 16.9. The van der Waals surface area contributed by atoms with Gasteiger partial charge in [-0.05, 0) is 36.6 Å². The topological polar surface area (TPSA) is 52.4 Å². The Bertz CT molecular complexity index is 1130. The van der Waals surface area contributed by atoms with Crippen molar-refractivity contribution in [1.82, 2.24) is 14.8 Å². The molecule has 0 radical (unpaired) electrons. The van der Waals surface area contributed by atoms with Gasteiger partial charge in [-0.1, -0.05) is 41.9 Å². The van der Waals surface area contributed by atoms with Crippen molar-refractivity contribution >= 4 is 17.3 Å². The molecular formula is C25H27ClN4O2. The van der Waals surface area contributed by atoms with Gasteiger partial charge in [-0.25, -0.2) is 0 Å². The van der Waals surface area contributed by atoms with E-state index in [0.717, 1.165) is 61.7 Å². The summed E-state index contributed by atoms with van der Waals surface area (Å²) in [5.41, 5.74) is 3.32. The Balaban J connectivity index is 1.25. The van der Waals surface area contributed by atoms with Gasteiger partial charge in [0.1, 0.15) is 5.82 Å². The van der Waals surface area contributed by atoms with Crippen molar-refractivity contribution in [1.29, 1.82) is 0 Å².